The highest BCUT2D eigenvalue weighted by molar-refractivity contribution is 6.31. The molecule has 4 heteroatoms. The standard InChI is InChI=1S/C16H14ClN3/c1-10-4-5-11(9-13(10)17)20-15-7-6-14-12(16(15)18)3-2-8-19-14/h2-9,20H,18H2,1H3. The van der Waals surface area contributed by atoms with Crippen molar-refractivity contribution in [1.82, 2.24) is 4.98 Å². The predicted molar refractivity (Wildman–Crippen MR) is 85.6 cm³/mol. The van der Waals surface area contributed by atoms with Crippen molar-refractivity contribution in [3.8, 4) is 0 Å². The number of nitrogen functional groups attached to an aromatic ring is 1. The lowest BCUT2D eigenvalue weighted by Crippen LogP contribution is -1.98. The van der Waals surface area contributed by atoms with Gasteiger partial charge in [-0.15, -0.1) is 0 Å². The summed E-state index contributed by atoms with van der Waals surface area (Å²) >= 11 is 6.13. The van der Waals surface area contributed by atoms with Gasteiger partial charge in [0.25, 0.3) is 0 Å². The minimum absolute atomic E-state index is 0.687. The summed E-state index contributed by atoms with van der Waals surface area (Å²) < 4.78 is 0. The van der Waals surface area contributed by atoms with Crippen LogP contribution < -0.4 is 11.1 Å². The number of nitrogens with one attached hydrogen (secondary N) is 1. The van der Waals surface area contributed by atoms with Gasteiger partial charge in [0.2, 0.25) is 0 Å². The number of aromatic nitrogens is 1. The number of halogens is 1. The van der Waals surface area contributed by atoms with Gasteiger partial charge in [-0.3, -0.25) is 4.98 Å². The fourth-order valence-corrected chi connectivity index (χ4v) is 2.29. The van der Waals surface area contributed by atoms with Crippen LogP contribution in [0.2, 0.25) is 5.02 Å². The molecule has 0 aliphatic carbocycles. The summed E-state index contributed by atoms with van der Waals surface area (Å²) in [7, 11) is 0. The van der Waals surface area contributed by atoms with E-state index in [0.29, 0.717) is 5.69 Å². The summed E-state index contributed by atoms with van der Waals surface area (Å²) in [6.07, 6.45) is 1.76. The lowest BCUT2D eigenvalue weighted by molar-refractivity contribution is 1.41. The number of hydrogen-bond acceptors (Lipinski definition) is 3. The van der Waals surface area contributed by atoms with Crippen LogP contribution in [0.3, 0.4) is 0 Å². The summed E-state index contributed by atoms with van der Waals surface area (Å²) in [5, 5.41) is 4.97. The Morgan fingerprint density at radius 1 is 1.15 bits per heavy atom. The van der Waals surface area contributed by atoms with Gasteiger partial charge in [0.05, 0.1) is 16.9 Å². The number of nitrogens with zero attached hydrogens (tertiary/aromatic N) is 1. The van der Waals surface area contributed by atoms with Crippen LogP contribution in [0.25, 0.3) is 10.9 Å². The summed E-state index contributed by atoms with van der Waals surface area (Å²) in [4.78, 5) is 4.29. The van der Waals surface area contributed by atoms with Crippen LogP contribution >= 0.6 is 11.6 Å². The molecule has 0 saturated heterocycles. The first-order valence-electron chi connectivity index (χ1n) is 6.31. The number of rotatable bonds is 2. The molecule has 100 valence electrons. The highest BCUT2D eigenvalue weighted by Gasteiger charge is 2.06. The highest BCUT2D eigenvalue weighted by atomic mass is 35.5. The van der Waals surface area contributed by atoms with E-state index < -0.39 is 0 Å². The molecule has 0 fully saturated rings. The molecule has 0 atom stereocenters. The van der Waals surface area contributed by atoms with Gasteiger partial charge >= 0.3 is 0 Å². The fraction of sp³-hybridized carbons (Fsp3) is 0.0625. The fourth-order valence-electron chi connectivity index (χ4n) is 2.11. The van der Waals surface area contributed by atoms with Crippen molar-refractivity contribution in [1.29, 1.82) is 0 Å². The third-order valence-corrected chi connectivity index (χ3v) is 3.68. The molecule has 20 heavy (non-hydrogen) atoms. The van der Waals surface area contributed by atoms with Crippen molar-refractivity contribution in [2.24, 2.45) is 0 Å². The molecule has 3 nitrogen and oxygen atoms in total. The van der Waals surface area contributed by atoms with Crippen LogP contribution in [-0.4, -0.2) is 4.98 Å². The van der Waals surface area contributed by atoms with Gasteiger partial charge in [0.15, 0.2) is 0 Å². The van der Waals surface area contributed by atoms with E-state index in [4.69, 9.17) is 17.3 Å². The average Bonchev–Trinajstić information content (AvgIpc) is 2.46. The van der Waals surface area contributed by atoms with Gasteiger partial charge < -0.3 is 11.1 Å². The number of nitrogens with two attached hydrogens (primary N) is 1. The van der Waals surface area contributed by atoms with Gasteiger partial charge in [-0.25, -0.2) is 0 Å². The van der Waals surface area contributed by atoms with Crippen LogP contribution in [0.4, 0.5) is 17.1 Å². The maximum absolute atomic E-state index is 6.20. The van der Waals surface area contributed by atoms with Crippen molar-refractivity contribution in [2.75, 3.05) is 11.1 Å². The van der Waals surface area contributed by atoms with Gasteiger partial charge in [0, 0.05) is 22.3 Å². The van der Waals surface area contributed by atoms with Gasteiger partial charge in [-0.05, 0) is 48.9 Å². The van der Waals surface area contributed by atoms with Crippen LogP contribution in [0.15, 0.2) is 48.7 Å². The number of pyridine rings is 1. The molecule has 1 aromatic heterocycles. The smallest absolute Gasteiger partial charge is 0.0724 e. The molecule has 0 unspecified atom stereocenters. The summed E-state index contributed by atoms with van der Waals surface area (Å²) in [6, 6.07) is 13.6. The Morgan fingerprint density at radius 3 is 2.80 bits per heavy atom. The van der Waals surface area contributed by atoms with E-state index in [0.717, 1.165) is 32.9 Å². The predicted octanol–water partition coefficient (Wildman–Crippen LogP) is 4.52. The van der Waals surface area contributed by atoms with Gasteiger partial charge in [0.1, 0.15) is 0 Å². The molecule has 0 aliphatic rings. The van der Waals surface area contributed by atoms with Crippen LogP contribution in [0.1, 0.15) is 5.56 Å². The molecule has 3 N–H and O–H groups in total. The minimum Gasteiger partial charge on any atom is -0.396 e. The van der Waals surface area contributed by atoms with E-state index in [1.807, 2.05) is 49.4 Å². The van der Waals surface area contributed by atoms with E-state index in [1.165, 1.54) is 0 Å². The Balaban J connectivity index is 2.02. The zero-order valence-corrected chi connectivity index (χ0v) is 11.8. The van der Waals surface area contributed by atoms with Crippen LogP contribution in [0.5, 0.6) is 0 Å². The van der Waals surface area contributed by atoms with Crippen molar-refractivity contribution >= 4 is 39.6 Å². The number of fused-ring (bicyclic) bond motifs is 1. The Bertz CT molecular complexity index is 784. The van der Waals surface area contributed by atoms with Crippen molar-refractivity contribution in [2.45, 2.75) is 6.92 Å². The molecule has 2 aromatic carbocycles. The van der Waals surface area contributed by atoms with Gasteiger partial charge in [-0.2, -0.15) is 0 Å². The highest BCUT2D eigenvalue weighted by Crippen LogP contribution is 2.31. The van der Waals surface area contributed by atoms with Crippen molar-refractivity contribution < 1.29 is 0 Å². The molecule has 0 amide bonds. The molecule has 3 rings (SSSR count). The Hall–Kier alpha value is -2.26. The second kappa shape index (κ2) is 5.02. The first-order valence-corrected chi connectivity index (χ1v) is 6.69. The molecular weight excluding hydrogens is 270 g/mol. The molecule has 0 spiro atoms. The number of aryl methyl sites for hydroxylation is 1. The Kier molecular flexibility index (Phi) is 3.20. The minimum atomic E-state index is 0.687. The second-order valence-electron chi connectivity index (χ2n) is 4.69. The van der Waals surface area contributed by atoms with E-state index in [1.54, 1.807) is 6.20 Å². The number of hydrogen-bond donors (Lipinski definition) is 2. The lowest BCUT2D eigenvalue weighted by Gasteiger charge is -2.12. The third-order valence-electron chi connectivity index (χ3n) is 3.28. The maximum Gasteiger partial charge on any atom is 0.0724 e. The normalized spacial score (nSPS) is 10.7. The maximum atomic E-state index is 6.20. The lowest BCUT2D eigenvalue weighted by atomic mass is 10.1. The summed E-state index contributed by atoms with van der Waals surface area (Å²) in [6.45, 7) is 1.97. The molecule has 1 heterocycles. The van der Waals surface area contributed by atoms with E-state index in [2.05, 4.69) is 10.3 Å². The molecule has 0 radical (unpaired) electrons. The molecule has 0 bridgehead atoms. The Morgan fingerprint density at radius 2 is 2.00 bits per heavy atom. The van der Waals surface area contributed by atoms with Crippen molar-refractivity contribution in [3.05, 3.63) is 59.2 Å². The molecule has 0 saturated carbocycles. The molecular formula is C16H14ClN3. The second-order valence-corrected chi connectivity index (χ2v) is 5.09. The van der Waals surface area contributed by atoms with Gasteiger partial charge in [-0.1, -0.05) is 17.7 Å². The van der Waals surface area contributed by atoms with Crippen molar-refractivity contribution in [3.63, 3.8) is 0 Å². The summed E-state index contributed by atoms with van der Waals surface area (Å²) in [5.41, 5.74) is 10.6. The quantitative estimate of drug-likeness (QED) is 0.680. The number of anilines is 3. The largest absolute Gasteiger partial charge is 0.396 e. The number of benzene rings is 2. The third kappa shape index (κ3) is 2.28. The first-order chi connectivity index (χ1) is 9.65. The van der Waals surface area contributed by atoms with E-state index in [-0.39, 0.29) is 0 Å². The first kappa shape index (κ1) is 12.8. The summed E-state index contributed by atoms with van der Waals surface area (Å²) in [5.74, 6) is 0. The molecule has 3 aromatic rings. The average molecular weight is 284 g/mol. The zero-order valence-electron chi connectivity index (χ0n) is 11.0. The van der Waals surface area contributed by atoms with E-state index in [9.17, 15) is 0 Å². The topological polar surface area (TPSA) is 50.9 Å². The van der Waals surface area contributed by atoms with E-state index >= 15 is 0 Å². The zero-order chi connectivity index (χ0) is 14.1. The SMILES string of the molecule is Cc1ccc(Nc2ccc3ncccc3c2N)cc1Cl. The monoisotopic (exact) mass is 283 g/mol. The van der Waals surface area contributed by atoms with Crippen LogP contribution in [-0.2, 0) is 0 Å². The molecule has 0 aliphatic heterocycles. The van der Waals surface area contributed by atoms with Crippen LogP contribution in [0, 0.1) is 6.92 Å². The Labute approximate surface area is 122 Å².